The van der Waals surface area contributed by atoms with Crippen LogP contribution in [0.2, 0.25) is 0 Å². The Morgan fingerprint density at radius 3 is 1.86 bits per heavy atom. The normalized spacial score (nSPS) is 19.0. The van der Waals surface area contributed by atoms with Crippen molar-refractivity contribution in [3.8, 4) is 0 Å². The van der Waals surface area contributed by atoms with Crippen molar-refractivity contribution in [3.63, 3.8) is 0 Å². The highest BCUT2D eigenvalue weighted by molar-refractivity contribution is 8.00. The highest BCUT2D eigenvalue weighted by atomic mass is 32.2. The van der Waals surface area contributed by atoms with Crippen molar-refractivity contribution in [2.24, 2.45) is 0 Å². The zero-order valence-electron chi connectivity index (χ0n) is 11.4. The standard InChI is InChI=1S/C15H12F3NO2S/c16-15(17,18)22-10-7-5-9(6-8-10)19-13(20)11-3-1-2-4-12(11)14(19)21/h5-8H,1-4H2. The van der Waals surface area contributed by atoms with Crippen LogP contribution in [0.1, 0.15) is 25.7 Å². The van der Waals surface area contributed by atoms with Crippen LogP contribution in [0, 0.1) is 0 Å². The topological polar surface area (TPSA) is 37.4 Å². The molecule has 0 unspecified atom stereocenters. The Morgan fingerprint density at radius 1 is 0.909 bits per heavy atom. The van der Waals surface area contributed by atoms with Gasteiger partial charge in [0.15, 0.2) is 0 Å². The second kappa shape index (κ2) is 5.46. The lowest BCUT2D eigenvalue weighted by atomic mass is 9.93. The van der Waals surface area contributed by atoms with Crippen molar-refractivity contribution in [1.29, 1.82) is 0 Å². The number of thioether (sulfide) groups is 1. The fourth-order valence-corrected chi connectivity index (χ4v) is 3.31. The van der Waals surface area contributed by atoms with E-state index in [1.165, 1.54) is 24.3 Å². The first-order valence-corrected chi connectivity index (χ1v) is 7.65. The van der Waals surface area contributed by atoms with Gasteiger partial charge < -0.3 is 0 Å². The minimum atomic E-state index is -4.36. The predicted molar refractivity (Wildman–Crippen MR) is 76.3 cm³/mol. The summed E-state index contributed by atoms with van der Waals surface area (Å²) in [6, 6.07) is 5.29. The van der Waals surface area contributed by atoms with Gasteiger partial charge in [-0.15, -0.1) is 0 Å². The molecule has 116 valence electrons. The Morgan fingerprint density at radius 2 is 1.41 bits per heavy atom. The minimum Gasteiger partial charge on any atom is -0.269 e. The van der Waals surface area contributed by atoms with Crippen LogP contribution in [0.25, 0.3) is 0 Å². The number of carbonyl (C=O) groups excluding carboxylic acids is 2. The van der Waals surface area contributed by atoms with Gasteiger partial charge in [-0.3, -0.25) is 9.59 Å². The molecular formula is C15H12F3NO2S. The largest absolute Gasteiger partial charge is 0.446 e. The summed E-state index contributed by atoms with van der Waals surface area (Å²) in [4.78, 5) is 25.7. The molecule has 7 heteroatoms. The van der Waals surface area contributed by atoms with E-state index in [1.807, 2.05) is 0 Å². The first kappa shape index (κ1) is 15.1. The monoisotopic (exact) mass is 327 g/mol. The number of hydrogen-bond donors (Lipinski definition) is 0. The average Bonchev–Trinajstić information content (AvgIpc) is 2.71. The van der Waals surface area contributed by atoms with Gasteiger partial charge in [-0.1, -0.05) is 0 Å². The summed E-state index contributed by atoms with van der Waals surface area (Å²) in [7, 11) is 0. The van der Waals surface area contributed by atoms with E-state index < -0.39 is 5.51 Å². The van der Waals surface area contributed by atoms with Gasteiger partial charge in [0, 0.05) is 16.0 Å². The molecule has 1 aromatic rings. The van der Waals surface area contributed by atoms with E-state index in [2.05, 4.69) is 0 Å². The third-order valence-corrected chi connectivity index (χ3v) is 4.46. The zero-order valence-corrected chi connectivity index (χ0v) is 12.3. The maximum Gasteiger partial charge on any atom is 0.446 e. The second-order valence-corrected chi connectivity index (χ2v) is 6.29. The molecule has 0 saturated carbocycles. The van der Waals surface area contributed by atoms with Crippen LogP contribution in [-0.4, -0.2) is 17.3 Å². The summed E-state index contributed by atoms with van der Waals surface area (Å²) < 4.78 is 36.9. The minimum absolute atomic E-state index is 0.0214. The van der Waals surface area contributed by atoms with Crippen molar-refractivity contribution in [3.05, 3.63) is 35.4 Å². The lowest BCUT2D eigenvalue weighted by Crippen LogP contribution is -2.31. The van der Waals surface area contributed by atoms with Crippen LogP contribution in [0.15, 0.2) is 40.3 Å². The van der Waals surface area contributed by atoms with Gasteiger partial charge in [-0.05, 0) is 61.7 Å². The number of halogens is 3. The Kier molecular flexibility index (Phi) is 3.76. The maximum atomic E-state index is 12.3. The third-order valence-electron chi connectivity index (χ3n) is 3.72. The number of anilines is 1. The molecule has 0 radical (unpaired) electrons. The number of alkyl halides is 3. The number of rotatable bonds is 2. The van der Waals surface area contributed by atoms with Gasteiger partial charge in [0.05, 0.1) is 5.69 Å². The molecule has 3 nitrogen and oxygen atoms in total. The van der Waals surface area contributed by atoms with E-state index in [-0.39, 0.29) is 28.5 Å². The SMILES string of the molecule is O=C1C2=C(CCCC2)C(=O)N1c1ccc(SC(F)(F)F)cc1. The number of amides is 2. The number of nitrogens with zero attached hydrogens (tertiary/aromatic N) is 1. The molecule has 3 rings (SSSR count). The smallest absolute Gasteiger partial charge is 0.269 e. The molecule has 0 aromatic heterocycles. The number of hydrogen-bond acceptors (Lipinski definition) is 3. The van der Waals surface area contributed by atoms with Gasteiger partial charge >= 0.3 is 5.51 Å². The van der Waals surface area contributed by atoms with Crippen LogP contribution in [-0.2, 0) is 9.59 Å². The Bertz CT molecular complexity index is 636. The molecule has 0 fully saturated rings. The first-order chi connectivity index (χ1) is 10.4. The summed E-state index contributed by atoms with van der Waals surface area (Å²) in [6.45, 7) is 0. The Hall–Kier alpha value is -1.76. The number of carbonyl (C=O) groups is 2. The zero-order chi connectivity index (χ0) is 15.9. The fourth-order valence-electron chi connectivity index (χ4n) is 2.77. The molecule has 0 spiro atoms. The maximum absolute atomic E-state index is 12.3. The van der Waals surface area contributed by atoms with Crippen molar-refractivity contribution in [1.82, 2.24) is 0 Å². The van der Waals surface area contributed by atoms with Gasteiger partial charge in [0.1, 0.15) is 0 Å². The summed E-state index contributed by atoms with van der Waals surface area (Å²) in [5.74, 6) is -0.674. The average molecular weight is 327 g/mol. The van der Waals surface area contributed by atoms with E-state index in [0.29, 0.717) is 29.7 Å². The van der Waals surface area contributed by atoms with Crippen LogP contribution in [0.3, 0.4) is 0 Å². The van der Waals surface area contributed by atoms with Crippen molar-refractivity contribution >= 4 is 29.3 Å². The molecule has 1 aromatic carbocycles. The van der Waals surface area contributed by atoms with E-state index in [0.717, 1.165) is 17.7 Å². The predicted octanol–water partition coefficient (Wildman–Crippen LogP) is 4.04. The van der Waals surface area contributed by atoms with Gasteiger partial charge in [-0.2, -0.15) is 13.2 Å². The van der Waals surface area contributed by atoms with Gasteiger partial charge in [0.2, 0.25) is 0 Å². The second-order valence-electron chi connectivity index (χ2n) is 5.15. The van der Waals surface area contributed by atoms with Crippen molar-refractivity contribution in [2.75, 3.05) is 4.90 Å². The van der Waals surface area contributed by atoms with Crippen LogP contribution < -0.4 is 4.90 Å². The lowest BCUT2D eigenvalue weighted by Gasteiger charge is -2.15. The molecule has 0 atom stereocenters. The molecule has 2 aliphatic rings. The highest BCUT2D eigenvalue weighted by Gasteiger charge is 2.39. The quantitative estimate of drug-likeness (QED) is 0.608. The summed E-state index contributed by atoms with van der Waals surface area (Å²) in [5.41, 5.74) is -2.92. The van der Waals surface area contributed by atoms with E-state index in [4.69, 9.17) is 0 Å². The molecule has 0 saturated heterocycles. The molecule has 1 heterocycles. The summed E-state index contributed by atoms with van der Waals surface area (Å²) in [5, 5.41) is 0. The fraction of sp³-hybridized carbons (Fsp3) is 0.333. The highest BCUT2D eigenvalue weighted by Crippen LogP contribution is 2.39. The van der Waals surface area contributed by atoms with E-state index in [9.17, 15) is 22.8 Å². The molecule has 0 bridgehead atoms. The van der Waals surface area contributed by atoms with Gasteiger partial charge in [0.25, 0.3) is 11.8 Å². The molecule has 2 amide bonds. The van der Waals surface area contributed by atoms with Crippen LogP contribution >= 0.6 is 11.8 Å². The summed E-state index contributed by atoms with van der Waals surface area (Å²) in [6.07, 6.45) is 2.95. The number of benzene rings is 1. The molecular weight excluding hydrogens is 315 g/mol. The van der Waals surface area contributed by atoms with Gasteiger partial charge in [-0.25, -0.2) is 4.90 Å². The molecule has 1 aliphatic carbocycles. The molecule has 22 heavy (non-hydrogen) atoms. The Balaban J connectivity index is 1.84. The molecule has 1 aliphatic heterocycles. The lowest BCUT2D eigenvalue weighted by molar-refractivity contribution is -0.120. The Labute approximate surface area is 129 Å². The number of imide groups is 1. The van der Waals surface area contributed by atoms with Crippen molar-refractivity contribution < 1.29 is 22.8 Å². The van der Waals surface area contributed by atoms with E-state index in [1.54, 1.807) is 0 Å². The molecule has 0 N–H and O–H groups in total. The van der Waals surface area contributed by atoms with Crippen LogP contribution in [0.5, 0.6) is 0 Å². The van der Waals surface area contributed by atoms with E-state index >= 15 is 0 Å². The van der Waals surface area contributed by atoms with Crippen LogP contribution in [0.4, 0.5) is 18.9 Å². The van der Waals surface area contributed by atoms with Crippen molar-refractivity contribution in [2.45, 2.75) is 36.1 Å². The third kappa shape index (κ3) is 2.77. The first-order valence-electron chi connectivity index (χ1n) is 6.83. The summed E-state index contributed by atoms with van der Waals surface area (Å²) >= 11 is -0.225.